The summed E-state index contributed by atoms with van der Waals surface area (Å²) >= 11 is 0. The van der Waals surface area contributed by atoms with Crippen LogP contribution in [0.25, 0.3) is 0 Å². The van der Waals surface area contributed by atoms with Gasteiger partial charge in [0.05, 0.1) is 13.2 Å². The Morgan fingerprint density at radius 1 is 1.80 bits per heavy atom. The van der Waals surface area contributed by atoms with Gasteiger partial charge in [0.25, 0.3) is 0 Å². The molecule has 0 fully saturated rings. The lowest BCUT2D eigenvalue weighted by atomic mass is 10.1. The van der Waals surface area contributed by atoms with Crippen molar-refractivity contribution in [3.8, 4) is 0 Å². The Morgan fingerprint density at radius 3 is 2.60 bits per heavy atom. The molecule has 0 bridgehead atoms. The maximum atomic E-state index is 10.6. The minimum Gasteiger partial charge on any atom is -0.466 e. The summed E-state index contributed by atoms with van der Waals surface area (Å²) in [5.41, 5.74) is 0.303. The lowest BCUT2D eigenvalue weighted by Gasteiger charge is -2.04. The summed E-state index contributed by atoms with van der Waals surface area (Å²) in [6.45, 7) is 5.02. The molecule has 0 aromatic carbocycles. The van der Waals surface area contributed by atoms with E-state index in [9.17, 15) is 4.79 Å². The van der Waals surface area contributed by atoms with Crippen LogP contribution in [-0.4, -0.2) is 24.3 Å². The van der Waals surface area contributed by atoms with Crippen molar-refractivity contribution in [3.63, 3.8) is 0 Å². The van der Waals surface area contributed by atoms with Crippen molar-refractivity contribution in [2.45, 2.75) is 19.4 Å². The van der Waals surface area contributed by atoms with Crippen molar-refractivity contribution in [1.82, 2.24) is 0 Å². The zero-order valence-corrected chi connectivity index (χ0v) is 6.26. The van der Waals surface area contributed by atoms with Crippen LogP contribution in [-0.2, 0) is 9.53 Å². The van der Waals surface area contributed by atoms with Crippen LogP contribution in [0.15, 0.2) is 12.2 Å². The molecule has 1 N–H and O–H groups in total. The Kier molecular flexibility index (Phi) is 3.72. The minimum atomic E-state index is -0.536. The van der Waals surface area contributed by atoms with Gasteiger partial charge in [-0.15, -0.1) is 0 Å². The fourth-order valence-corrected chi connectivity index (χ4v) is 0.584. The van der Waals surface area contributed by atoms with Gasteiger partial charge in [0.2, 0.25) is 0 Å². The van der Waals surface area contributed by atoms with Crippen molar-refractivity contribution in [3.05, 3.63) is 12.2 Å². The quantitative estimate of drug-likeness (QED) is 0.463. The number of aliphatic hydroxyl groups excluding tert-OH is 1. The monoisotopic (exact) mass is 144 g/mol. The van der Waals surface area contributed by atoms with E-state index in [1.807, 2.05) is 0 Å². The molecule has 3 heteroatoms. The first-order chi connectivity index (χ1) is 4.57. The van der Waals surface area contributed by atoms with E-state index in [4.69, 9.17) is 5.11 Å². The first-order valence-electron chi connectivity index (χ1n) is 3.02. The summed E-state index contributed by atoms with van der Waals surface area (Å²) in [4.78, 5) is 10.6. The molecular weight excluding hydrogens is 132 g/mol. The molecule has 10 heavy (non-hydrogen) atoms. The number of methoxy groups -OCH3 is 1. The van der Waals surface area contributed by atoms with Crippen molar-refractivity contribution in [2.24, 2.45) is 0 Å². The van der Waals surface area contributed by atoms with Crippen LogP contribution >= 0.6 is 0 Å². The Balaban J connectivity index is 3.74. The maximum Gasteiger partial charge on any atom is 0.333 e. The molecule has 0 amide bonds. The number of hydrogen-bond donors (Lipinski definition) is 1. The zero-order chi connectivity index (χ0) is 8.15. The minimum absolute atomic E-state index is 0.271. The molecule has 0 saturated carbocycles. The molecule has 0 aromatic heterocycles. The van der Waals surface area contributed by atoms with E-state index in [2.05, 4.69) is 11.3 Å². The van der Waals surface area contributed by atoms with Crippen molar-refractivity contribution >= 4 is 5.97 Å². The smallest absolute Gasteiger partial charge is 0.333 e. The highest BCUT2D eigenvalue weighted by molar-refractivity contribution is 5.87. The van der Waals surface area contributed by atoms with Crippen molar-refractivity contribution in [2.75, 3.05) is 7.11 Å². The highest BCUT2D eigenvalue weighted by atomic mass is 16.5. The molecule has 58 valence electrons. The van der Waals surface area contributed by atoms with Gasteiger partial charge in [-0.25, -0.2) is 4.79 Å². The molecule has 0 radical (unpaired) electrons. The number of rotatable bonds is 3. The topological polar surface area (TPSA) is 46.5 Å². The molecule has 3 nitrogen and oxygen atoms in total. The third-order valence-corrected chi connectivity index (χ3v) is 1.02. The van der Waals surface area contributed by atoms with E-state index in [0.29, 0.717) is 5.57 Å². The molecule has 0 heterocycles. The summed E-state index contributed by atoms with van der Waals surface area (Å²) in [6.07, 6.45) is -0.265. The Morgan fingerprint density at radius 2 is 2.30 bits per heavy atom. The van der Waals surface area contributed by atoms with E-state index in [0.717, 1.165) is 0 Å². The predicted molar refractivity (Wildman–Crippen MR) is 37.5 cm³/mol. The van der Waals surface area contributed by atoms with E-state index in [-0.39, 0.29) is 6.42 Å². The fourth-order valence-electron chi connectivity index (χ4n) is 0.584. The zero-order valence-electron chi connectivity index (χ0n) is 6.26. The highest BCUT2D eigenvalue weighted by Gasteiger charge is 2.08. The number of esters is 1. The van der Waals surface area contributed by atoms with Crippen LogP contribution in [0.1, 0.15) is 13.3 Å². The van der Waals surface area contributed by atoms with Crippen LogP contribution in [0.4, 0.5) is 0 Å². The molecule has 0 aromatic rings. The van der Waals surface area contributed by atoms with Gasteiger partial charge in [0, 0.05) is 12.0 Å². The molecule has 0 spiro atoms. The number of aliphatic hydroxyl groups is 1. The molecule has 1 unspecified atom stereocenters. The average molecular weight is 144 g/mol. The van der Waals surface area contributed by atoms with Gasteiger partial charge in [-0.3, -0.25) is 0 Å². The predicted octanol–water partition coefficient (Wildman–Crippen LogP) is 0.486. The second-order valence-corrected chi connectivity index (χ2v) is 2.15. The summed E-state index contributed by atoms with van der Waals surface area (Å²) in [5.74, 6) is -0.458. The summed E-state index contributed by atoms with van der Waals surface area (Å²) < 4.78 is 4.36. The van der Waals surface area contributed by atoms with Gasteiger partial charge >= 0.3 is 5.97 Å². The highest BCUT2D eigenvalue weighted by Crippen LogP contribution is 2.03. The van der Waals surface area contributed by atoms with Gasteiger partial charge in [-0.1, -0.05) is 6.58 Å². The lowest BCUT2D eigenvalue weighted by molar-refractivity contribution is -0.136. The Labute approximate surface area is 60.3 Å². The van der Waals surface area contributed by atoms with Gasteiger partial charge in [-0.2, -0.15) is 0 Å². The second-order valence-electron chi connectivity index (χ2n) is 2.15. The molecule has 0 rings (SSSR count). The number of carbonyl (C=O) groups is 1. The van der Waals surface area contributed by atoms with Crippen molar-refractivity contribution < 1.29 is 14.6 Å². The van der Waals surface area contributed by atoms with Gasteiger partial charge in [-0.05, 0) is 6.92 Å². The summed E-state index contributed by atoms with van der Waals surface area (Å²) in [5, 5.41) is 8.80. The number of carbonyl (C=O) groups excluding carboxylic acids is 1. The van der Waals surface area contributed by atoms with E-state index in [1.165, 1.54) is 7.11 Å². The van der Waals surface area contributed by atoms with Crippen LogP contribution in [0, 0.1) is 0 Å². The third kappa shape index (κ3) is 3.25. The normalized spacial score (nSPS) is 12.3. The van der Waals surface area contributed by atoms with Gasteiger partial charge < -0.3 is 9.84 Å². The molecule has 0 aliphatic rings. The second kappa shape index (κ2) is 4.06. The van der Waals surface area contributed by atoms with Crippen LogP contribution < -0.4 is 0 Å². The van der Waals surface area contributed by atoms with E-state index >= 15 is 0 Å². The van der Waals surface area contributed by atoms with E-state index < -0.39 is 12.1 Å². The van der Waals surface area contributed by atoms with Crippen LogP contribution in [0.3, 0.4) is 0 Å². The summed E-state index contributed by atoms with van der Waals surface area (Å²) in [7, 11) is 1.29. The molecule has 0 saturated heterocycles. The Hall–Kier alpha value is -0.830. The largest absolute Gasteiger partial charge is 0.466 e. The molecule has 0 aliphatic heterocycles. The maximum absolute atomic E-state index is 10.6. The van der Waals surface area contributed by atoms with Crippen LogP contribution in [0.5, 0.6) is 0 Å². The van der Waals surface area contributed by atoms with Crippen molar-refractivity contribution in [1.29, 1.82) is 0 Å². The fraction of sp³-hybridized carbons (Fsp3) is 0.571. The lowest BCUT2D eigenvalue weighted by Crippen LogP contribution is -2.09. The molecule has 1 atom stereocenters. The third-order valence-electron chi connectivity index (χ3n) is 1.02. The van der Waals surface area contributed by atoms with Gasteiger partial charge in [0.1, 0.15) is 0 Å². The molecular formula is C7H12O3. The standard InChI is InChI=1S/C7H12O3/c1-5(4-6(2)8)7(9)10-3/h6,8H,1,4H2,2-3H3. The SMILES string of the molecule is C=C(CC(C)O)C(=O)OC. The number of hydrogen-bond acceptors (Lipinski definition) is 3. The van der Waals surface area contributed by atoms with E-state index in [1.54, 1.807) is 6.92 Å². The average Bonchev–Trinajstić information content (AvgIpc) is 1.85. The van der Waals surface area contributed by atoms with Gasteiger partial charge in [0.15, 0.2) is 0 Å². The molecule has 0 aliphatic carbocycles. The summed E-state index contributed by atoms with van der Waals surface area (Å²) in [6, 6.07) is 0. The Bertz CT molecular complexity index is 138. The number of ether oxygens (including phenoxy) is 1. The first-order valence-corrected chi connectivity index (χ1v) is 3.02. The first kappa shape index (κ1) is 9.17. The van der Waals surface area contributed by atoms with Crippen LogP contribution in [0.2, 0.25) is 0 Å².